The van der Waals surface area contributed by atoms with Crippen LogP contribution in [-0.2, 0) is 0 Å². The van der Waals surface area contributed by atoms with Crippen LogP contribution in [0, 0.1) is 11.8 Å². The number of aromatic nitrogens is 2. The van der Waals surface area contributed by atoms with Gasteiger partial charge >= 0.3 is 0 Å². The molecule has 0 aliphatic heterocycles. The lowest BCUT2D eigenvalue weighted by Crippen LogP contribution is -2.31. The van der Waals surface area contributed by atoms with E-state index in [1.54, 1.807) is 6.07 Å². The minimum Gasteiger partial charge on any atom is -0.297 e. The molecule has 4 aliphatic rings. The molecule has 1 aromatic heterocycles. The van der Waals surface area contributed by atoms with Gasteiger partial charge in [0.15, 0.2) is 5.69 Å². The maximum Gasteiger partial charge on any atom is 0.290 e. The zero-order chi connectivity index (χ0) is 21.8. The zero-order valence-electron chi connectivity index (χ0n) is 17.5. The first-order valence-corrected chi connectivity index (χ1v) is 12.0. The van der Waals surface area contributed by atoms with Gasteiger partial charge in [0.1, 0.15) is 0 Å². The average Bonchev–Trinajstić information content (AvgIpc) is 3.10. The lowest BCUT2D eigenvalue weighted by molar-refractivity contribution is 0.0954. The van der Waals surface area contributed by atoms with Crippen molar-refractivity contribution in [2.45, 2.75) is 43.9 Å². The molecule has 2 unspecified atom stereocenters. The van der Waals surface area contributed by atoms with Crippen LogP contribution in [0.25, 0.3) is 5.69 Å². The minimum absolute atomic E-state index is 0.227. The van der Waals surface area contributed by atoms with E-state index in [4.69, 9.17) is 28.3 Å². The Kier molecular flexibility index (Phi) is 4.92. The lowest BCUT2D eigenvalue weighted by Gasteiger charge is -2.38. The van der Waals surface area contributed by atoms with Crippen LogP contribution >= 0.6 is 23.2 Å². The molecule has 0 spiro atoms. The normalized spacial score (nSPS) is 25.3. The van der Waals surface area contributed by atoms with Crippen molar-refractivity contribution in [2.75, 3.05) is 5.43 Å². The molecule has 0 saturated heterocycles. The lowest BCUT2D eigenvalue weighted by atomic mass is 9.67. The Bertz CT molecular complexity index is 1180. The topological polar surface area (TPSA) is 59.0 Å². The summed E-state index contributed by atoms with van der Waals surface area (Å²) in [6.07, 6.45) is 6.03. The number of carbonyl (C=O) groups excluding carboxylic acids is 1. The molecule has 1 amide bonds. The molecule has 7 heteroatoms. The van der Waals surface area contributed by atoms with E-state index < -0.39 is 0 Å². The van der Waals surface area contributed by atoms with Gasteiger partial charge in [-0.1, -0.05) is 35.3 Å². The van der Waals surface area contributed by atoms with Crippen molar-refractivity contribution in [3.05, 3.63) is 75.5 Å². The Labute approximate surface area is 197 Å². The highest BCUT2D eigenvalue weighted by Crippen LogP contribution is 2.57. The number of amides is 1. The predicted octanol–water partition coefficient (Wildman–Crippen LogP) is 6.33. The fourth-order valence-corrected chi connectivity index (χ4v) is 6.55. The van der Waals surface area contributed by atoms with Crippen molar-refractivity contribution in [1.29, 1.82) is 0 Å². The molecule has 32 heavy (non-hydrogen) atoms. The van der Waals surface area contributed by atoms with Crippen molar-refractivity contribution in [2.24, 2.45) is 11.8 Å². The second-order valence-electron chi connectivity index (χ2n) is 9.40. The molecule has 2 atom stereocenters. The second kappa shape index (κ2) is 7.82. The molecule has 2 N–H and O–H groups in total. The fraction of sp³-hybridized carbons (Fsp3) is 0.360. The third-order valence-electron chi connectivity index (χ3n) is 7.36. The fourth-order valence-electron chi connectivity index (χ4n) is 6.24. The van der Waals surface area contributed by atoms with E-state index in [1.807, 2.05) is 47.1 Å². The predicted molar refractivity (Wildman–Crippen MR) is 127 cm³/mol. The number of rotatable bonds is 4. The van der Waals surface area contributed by atoms with Crippen LogP contribution in [0.15, 0.2) is 48.5 Å². The number of benzene rings is 2. The largest absolute Gasteiger partial charge is 0.297 e. The molecule has 164 valence electrons. The highest BCUT2D eigenvalue weighted by atomic mass is 35.5. The van der Waals surface area contributed by atoms with Crippen molar-refractivity contribution in [3.8, 4) is 5.69 Å². The molecule has 3 aromatic rings. The first-order chi connectivity index (χ1) is 15.6. The highest BCUT2D eigenvalue weighted by Gasteiger charge is 2.46. The van der Waals surface area contributed by atoms with Gasteiger partial charge in [-0.3, -0.25) is 15.6 Å². The third kappa shape index (κ3) is 3.39. The van der Waals surface area contributed by atoms with Gasteiger partial charge in [0.2, 0.25) is 0 Å². The Morgan fingerprint density at radius 1 is 0.906 bits per heavy atom. The van der Waals surface area contributed by atoms with E-state index in [2.05, 4.69) is 10.9 Å². The molecule has 4 bridgehead atoms. The van der Waals surface area contributed by atoms with Crippen LogP contribution in [0.3, 0.4) is 0 Å². The minimum atomic E-state index is -0.227. The summed E-state index contributed by atoms with van der Waals surface area (Å²) in [5.41, 5.74) is 10.3. The van der Waals surface area contributed by atoms with Gasteiger partial charge in [-0.2, -0.15) is 5.10 Å². The summed E-state index contributed by atoms with van der Waals surface area (Å²) in [5, 5.41) is 6.12. The van der Waals surface area contributed by atoms with Gasteiger partial charge in [0.25, 0.3) is 5.91 Å². The van der Waals surface area contributed by atoms with Crippen LogP contribution < -0.4 is 10.9 Å². The molecular formula is C25H24Cl2N4O. The van der Waals surface area contributed by atoms with Gasteiger partial charge in [-0.15, -0.1) is 0 Å². The molecule has 0 radical (unpaired) electrons. The first kappa shape index (κ1) is 20.1. The van der Waals surface area contributed by atoms with Gasteiger partial charge in [0.05, 0.1) is 22.1 Å². The van der Waals surface area contributed by atoms with Crippen molar-refractivity contribution in [3.63, 3.8) is 0 Å². The Balaban J connectivity index is 1.42. The van der Waals surface area contributed by atoms with Gasteiger partial charge in [0, 0.05) is 16.5 Å². The third-order valence-corrected chi connectivity index (χ3v) is 7.94. The van der Waals surface area contributed by atoms with Crippen LogP contribution in [0.5, 0.6) is 0 Å². The first-order valence-electron chi connectivity index (χ1n) is 11.3. The smallest absolute Gasteiger partial charge is 0.290 e. The van der Waals surface area contributed by atoms with Crippen LogP contribution in [0.1, 0.15) is 65.7 Å². The summed E-state index contributed by atoms with van der Waals surface area (Å²) >= 11 is 12.4. The maximum absolute atomic E-state index is 13.4. The Hall–Kier alpha value is -2.50. The summed E-state index contributed by atoms with van der Waals surface area (Å²) in [4.78, 5) is 13.4. The Morgan fingerprint density at radius 2 is 1.59 bits per heavy atom. The van der Waals surface area contributed by atoms with Gasteiger partial charge in [-0.25, -0.2) is 4.68 Å². The number of hydrogen-bond acceptors (Lipinski definition) is 3. The van der Waals surface area contributed by atoms with Crippen LogP contribution in [0.4, 0.5) is 5.69 Å². The molecule has 2 fully saturated rings. The van der Waals surface area contributed by atoms with Crippen LogP contribution in [-0.4, -0.2) is 15.7 Å². The second-order valence-corrected chi connectivity index (χ2v) is 10.2. The van der Waals surface area contributed by atoms with E-state index in [0.717, 1.165) is 35.9 Å². The zero-order valence-corrected chi connectivity index (χ0v) is 19.0. The summed E-state index contributed by atoms with van der Waals surface area (Å²) in [6.45, 7) is 0. The number of nitrogens with zero attached hydrogens (tertiary/aromatic N) is 2. The van der Waals surface area contributed by atoms with Crippen molar-refractivity contribution >= 4 is 34.8 Å². The van der Waals surface area contributed by atoms with Gasteiger partial charge < -0.3 is 0 Å². The number of halogens is 2. The Morgan fingerprint density at radius 3 is 2.31 bits per heavy atom. The average molecular weight is 467 g/mol. The summed E-state index contributed by atoms with van der Waals surface area (Å²) in [5.74, 6) is 2.11. The monoisotopic (exact) mass is 466 g/mol. The molecule has 2 saturated carbocycles. The summed E-state index contributed by atoms with van der Waals surface area (Å²) in [7, 11) is 0. The van der Waals surface area contributed by atoms with E-state index >= 15 is 0 Å². The number of para-hydroxylation sites is 1. The molecule has 1 heterocycles. The van der Waals surface area contributed by atoms with Crippen LogP contribution in [0.2, 0.25) is 10.0 Å². The maximum atomic E-state index is 13.4. The molecule has 2 aromatic carbocycles. The summed E-state index contributed by atoms with van der Waals surface area (Å²) < 4.78 is 2.00. The van der Waals surface area contributed by atoms with E-state index in [0.29, 0.717) is 33.3 Å². The van der Waals surface area contributed by atoms with E-state index in [1.165, 1.54) is 25.0 Å². The molecule has 5 nitrogen and oxygen atoms in total. The van der Waals surface area contributed by atoms with Gasteiger partial charge in [-0.05, 0) is 86.3 Å². The number of nitrogens with one attached hydrogen (secondary N) is 2. The molecule has 7 rings (SSSR count). The van der Waals surface area contributed by atoms with E-state index in [9.17, 15) is 4.79 Å². The summed E-state index contributed by atoms with van der Waals surface area (Å²) in [6, 6.07) is 15.1. The number of hydrazine groups is 1. The quantitative estimate of drug-likeness (QED) is 0.441. The van der Waals surface area contributed by atoms with Crippen molar-refractivity contribution < 1.29 is 4.79 Å². The highest BCUT2D eigenvalue weighted by molar-refractivity contribution is 6.33. The van der Waals surface area contributed by atoms with Crippen molar-refractivity contribution in [1.82, 2.24) is 15.2 Å². The number of hydrogen-bond donors (Lipinski definition) is 2. The standard InChI is InChI=1S/C25H24Cl2N4O/c26-18-5-7-19(8-6-18)31-24-17-12-14-9-15(13-17)11-16(10-14)22(24)23(30-31)25(32)29-28-21-4-2-1-3-20(21)27/h1-8,14-17,28H,9-13H2,(H,29,32). The van der Waals surface area contributed by atoms with E-state index in [-0.39, 0.29) is 5.91 Å². The number of anilines is 1. The SMILES string of the molecule is O=C(NNc1ccccc1Cl)c1nn(-c2ccc(Cl)cc2)c2c1C1CC3CC(C1)CC2C3. The molecular weight excluding hydrogens is 443 g/mol. The number of carbonyl (C=O) groups is 1. The molecule has 4 aliphatic carbocycles.